The number of halogens is 1. The largest absolute Gasteiger partial charge is 0.319 e. The highest BCUT2D eigenvalue weighted by Crippen LogP contribution is 2.17. The molecule has 1 aromatic carbocycles. The topological polar surface area (TPSA) is 52.2 Å². The summed E-state index contributed by atoms with van der Waals surface area (Å²) in [6, 6.07) is 6.21. The minimum Gasteiger partial charge on any atom is -0.319 e. The number of rotatable bonds is 1. The van der Waals surface area contributed by atoms with Gasteiger partial charge in [0.05, 0.1) is 15.9 Å². The summed E-state index contributed by atoms with van der Waals surface area (Å²) in [5, 5.41) is 4.13. The third kappa shape index (κ3) is 2.40. The van der Waals surface area contributed by atoms with Gasteiger partial charge in [-0.3, -0.25) is 9.48 Å². The summed E-state index contributed by atoms with van der Waals surface area (Å²) >= 11 is 1.28. The van der Waals surface area contributed by atoms with E-state index in [2.05, 4.69) is 10.1 Å². The molecule has 0 aliphatic rings. The summed E-state index contributed by atoms with van der Waals surface area (Å²) in [4.78, 5) is 16.9. The molecule has 0 bridgehead atoms. The van der Waals surface area contributed by atoms with E-state index in [-0.39, 0.29) is 11.7 Å². The Labute approximate surface area is 124 Å². The monoisotopic (exact) mass is 304 g/mol. The lowest BCUT2D eigenvalue weighted by atomic mass is 10.3. The molecule has 5 nitrogen and oxygen atoms in total. The van der Waals surface area contributed by atoms with Gasteiger partial charge in [0.25, 0.3) is 5.91 Å². The standard InChI is InChI=1S/C14H13FN4OS/c1-8-6-11(19(3)17-8)13(20)16-14-18(2)10-5-4-9(15)7-12(10)21-14/h4-7H,1-3H3. The van der Waals surface area contributed by atoms with Gasteiger partial charge in [0.1, 0.15) is 11.5 Å². The van der Waals surface area contributed by atoms with Crippen LogP contribution >= 0.6 is 11.3 Å². The second kappa shape index (κ2) is 4.92. The smallest absolute Gasteiger partial charge is 0.297 e. The lowest BCUT2D eigenvalue weighted by Gasteiger charge is -1.96. The van der Waals surface area contributed by atoms with Crippen molar-refractivity contribution in [2.75, 3.05) is 0 Å². The van der Waals surface area contributed by atoms with Crippen molar-refractivity contribution in [3.05, 3.63) is 46.3 Å². The maximum Gasteiger partial charge on any atom is 0.297 e. The fourth-order valence-electron chi connectivity index (χ4n) is 2.17. The first kappa shape index (κ1) is 13.7. The SMILES string of the molecule is Cc1cc(C(=O)N=c2sc3cc(F)ccc3n2C)n(C)n1. The number of carbonyl (C=O) groups excluding carboxylic acids is 1. The quantitative estimate of drug-likeness (QED) is 0.692. The first-order valence-corrected chi connectivity index (χ1v) is 7.12. The Morgan fingerprint density at radius 1 is 1.33 bits per heavy atom. The average molecular weight is 304 g/mol. The number of nitrogens with zero attached hydrogens (tertiary/aromatic N) is 4. The van der Waals surface area contributed by atoms with Gasteiger partial charge in [0, 0.05) is 14.1 Å². The second-order valence-corrected chi connectivity index (χ2v) is 5.78. The number of benzene rings is 1. The zero-order valence-corrected chi connectivity index (χ0v) is 12.6. The van der Waals surface area contributed by atoms with Gasteiger partial charge in [0.15, 0.2) is 4.80 Å². The molecule has 0 aliphatic heterocycles. The number of hydrogen-bond acceptors (Lipinski definition) is 3. The van der Waals surface area contributed by atoms with E-state index < -0.39 is 0 Å². The van der Waals surface area contributed by atoms with Gasteiger partial charge >= 0.3 is 0 Å². The number of thiazole rings is 1. The molecule has 2 heterocycles. The number of amides is 1. The van der Waals surface area contributed by atoms with Crippen molar-refractivity contribution < 1.29 is 9.18 Å². The molecule has 0 atom stereocenters. The Morgan fingerprint density at radius 3 is 2.76 bits per heavy atom. The minimum absolute atomic E-state index is 0.301. The van der Waals surface area contributed by atoms with Crippen LogP contribution in [0.3, 0.4) is 0 Å². The zero-order chi connectivity index (χ0) is 15.1. The van der Waals surface area contributed by atoms with E-state index in [4.69, 9.17) is 0 Å². The van der Waals surface area contributed by atoms with Gasteiger partial charge in [-0.05, 0) is 31.2 Å². The van der Waals surface area contributed by atoms with Gasteiger partial charge in [-0.2, -0.15) is 10.1 Å². The fourth-order valence-corrected chi connectivity index (χ4v) is 3.21. The van der Waals surface area contributed by atoms with E-state index in [0.717, 1.165) is 15.9 Å². The lowest BCUT2D eigenvalue weighted by Crippen LogP contribution is -2.14. The minimum atomic E-state index is -0.360. The maximum absolute atomic E-state index is 13.2. The average Bonchev–Trinajstić information content (AvgIpc) is 2.90. The van der Waals surface area contributed by atoms with Crippen molar-refractivity contribution >= 4 is 27.5 Å². The summed E-state index contributed by atoms with van der Waals surface area (Å²) in [5.41, 5.74) is 2.03. The fraction of sp³-hybridized carbons (Fsp3) is 0.214. The molecule has 0 spiro atoms. The third-order valence-electron chi connectivity index (χ3n) is 3.19. The molecule has 7 heteroatoms. The number of aryl methyl sites for hydroxylation is 3. The van der Waals surface area contributed by atoms with Crippen LogP contribution in [0, 0.1) is 12.7 Å². The molecule has 2 aromatic heterocycles. The molecule has 0 saturated carbocycles. The van der Waals surface area contributed by atoms with Gasteiger partial charge in [-0.25, -0.2) is 4.39 Å². The first-order valence-electron chi connectivity index (χ1n) is 6.30. The highest BCUT2D eigenvalue weighted by Gasteiger charge is 2.12. The van der Waals surface area contributed by atoms with Crippen molar-refractivity contribution in [3.8, 4) is 0 Å². The predicted molar refractivity (Wildman–Crippen MR) is 78.6 cm³/mol. The molecule has 0 saturated heterocycles. The van der Waals surface area contributed by atoms with Gasteiger partial charge < -0.3 is 4.57 Å². The Morgan fingerprint density at radius 2 is 2.10 bits per heavy atom. The molecular weight excluding hydrogens is 291 g/mol. The third-order valence-corrected chi connectivity index (χ3v) is 4.28. The molecule has 3 rings (SSSR count). The van der Waals surface area contributed by atoms with E-state index in [0.29, 0.717) is 10.5 Å². The van der Waals surface area contributed by atoms with Crippen LogP contribution < -0.4 is 4.80 Å². The van der Waals surface area contributed by atoms with Gasteiger partial charge in [0.2, 0.25) is 0 Å². The molecule has 0 radical (unpaired) electrons. The number of hydrogen-bond donors (Lipinski definition) is 0. The van der Waals surface area contributed by atoms with Crippen molar-refractivity contribution in [3.63, 3.8) is 0 Å². The molecule has 0 aliphatic carbocycles. The Bertz CT molecular complexity index is 919. The summed E-state index contributed by atoms with van der Waals surface area (Å²) < 4.78 is 17.3. The van der Waals surface area contributed by atoms with E-state index >= 15 is 0 Å². The number of carbonyl (C=O) groups is 1. The highest BCUT2D eigenvalue weighted by molar-refractivity contribution is 7.16. The molecule has 0 unspecified atom stereocenters. The molecule has 0 fully saturated rings. The van der Waals surface area contributed by atoms with Crippen LogP contribution in [0.25, 0.3) is 10.2 Å². The molecule has 21 heavy (non-hydrogen) atoms. The lowest BCUT2D eigenvalue weighted by molar-refractivity contribution is 0.0989. The summed E-state index contributed by atoms with van der Waals surface area (Å²) in [6.45, 7) is 1.82. The predicted octanol–water partition coefficient (Wildman–Crippen LogP) is 2.16. The van der Waals surface area contributed by atoms with E-state index in [1.807, 2.05) is 6.92 Å². The van der Waals surface area contributed by atoms with E-state index in [9.17, 15) is 9.18 Å². The summed E-state index contributed by atoms with van der Waals surface area (Å²) in [5.74, 6) is -0.662. The van der Waals surface area contributed by atoms with Crippen LogP contribution in [0.2, 0.25) is 0 Å². The zero-order valence-electron chi connectivity index (χ0n) is 11.8. The van der Waals surface area contributed by atoms with Gasteiger partial charge in [-0.15, -0.1) is 0 Å². The van der Waals surface area contributed by atoms with Crippen LogP contribution in [0.15, 0.2) is 29.3 Å². The molecule has 1 amide bonds. The summed E-state index contributed by atoms with van der Waals surface area (Å²) in [7, 11) is 3.51. The van der Waals surface area contributed by atoms with Crippen LogP contribution in [0.1, 0.15) is 16.2 Å². The van der Waals surface area contributed by atoms with Crippen LogP contribution in [0.5, 0.6) is 0 Å². The van der Waals surface area contributed by atoms with Crippen molar-refractivity contribution in [2.45, 2.75) is 6.92 Å². The molecular formula is C14H13FN4OS. The van der Waals surface area contributed by atoms with E-state index in [1.165, 1.54) is 28.2 Å². The van der Waals surface area contributed by atoms with Crippen molar-refractivity contribution in [1.82, 2.24) is 14.3 Å². The first-order chi connectivity index (χ1) is 9.95. The normalized spacial score (nSPS) is 12.3. The highest BCUT2D eigenvalue weighted by atomic mass is 32.1. The molecule has 108 valence electrons. The Balaban J connectivity index is 2.13. The second-order valence-electron chi connectivity index (χ2n) is 4.77. The van der Waals surface area contributed by atoms with Crippen LogP contribution in [0.4, 0.5) is 4.39 Å². The Kier molecular flexibility index (Phi) is 3.21. The number of aromatic nitrogens is 3. The van der Waals surface area contributed by atoms with Crippen LogP contribution in [-0.2, 0) is 14.1 Å². The maximum atomic E-state index is 13.2. The molecule has 0 N–H and O–H groups in total. The Hall–Kier alpha value is -2.28. The van der Waals surface area contributed by atoms with Crippen LogP contribution in [-0.4, -0.2) is 20.3 Å². The van der Waals surface area contributed by atoms with Crippen molar-refractivity contribution in [2.24, 2.45) is 19.1 Å². The van der Waals surface area contributed by atoms with Crippen molar-refractivity contribution in [1.29, 1.82) is 0 Å². The van der Waals surface area contributed by atoms with E-state index in [1.54, 1.807) is 30.8 Å². The molecule has 3 aromatic rings. The number of fused-ring (bicyclic) bond motifs is 1. The van der Waals surface area contributed by atoms with Gasteiger partial charge in [-0.1, -0.05) is 11.3 Å². The summed E-state index contributed by atoms with van der Waals surface area (Å²) in [6.07, 6.45) is 0.